The SMILES string of the molecule is O=C(O)CCCS(=O)(=O)NC1C2CC3CC(C2)CC1C3. The summed E-state index contributed by atoms with van der Waals surface area (Å²) in [5, 5.41) is 8.58. The number of nitrogens with one attached hydrogen (secondary N) is 1. The molecule has 0 aromatic heterocycles. The molecule has 0 unspecified atom stereocenters. The summed E-state index contributed by atoms with van der Waals surface area (Å²) in [6.45, 7) is 0. The van der Waals surface area contributed by atoms with Crippen LogP contribution in [0.5, 0.6) is 0 Å². The number of rotatable bonds is 6. The van der Waals surface area contributed by atoms with E-state index in [-0.39, 0.29) is 24.6 Å². The minimum absolute atomic E-state index is 0.0674. The van der Waals surface area contributed by atoms with Gasteiger partial charge in [0.1, 0.15) is 0 Å². The molecular weight excluding hydrogens is 278 g/mol. The van der Waals surface area contributed by atoms with Crippen molar-refractivity contribution in [1.82, 2.24) is 4.72 Å². The number of carbonyl (C=O) groups is 1. The highest BCUT2D eigenvalue weighted by atomic mass is 32.2. The Hall–Kier alpha value is -0.620. The molecule has 0 heterocycles. The molecule has 0 saturated heterocycles. The average molecular weight is 301 g/mol. The summed E-state index contributed by atoms with van der Waals surface area (Å²) in [7, 11) is -3.33. The van der Waals surface area contributed by atoms with Gasteiger partial charge in [-0.05, 0) is 62.2 Å². The molecule has 0 aromatic rings. The second-order valence-corrected chi connectivity index (χ2v) is 8.76. The Morgan fingerprint density at radius 2 is 1.60 bits per heavy atom. The monoisotopic (exact) mass is 301 g/mol. The van der Waals surface area contributed by atoms with Crippen LogP contribution in [0.2, 0.25) is 0 Å². The zero-order valence-corrected chi connectivity index (χ0v) is 12.4. The summed E-state index contributed by atoms with van der Waals surface area (Å²) in [6, 6.07) is 0.109. The summed E-state index contributed by atoms with van der Waals surface area (Å²) < 4.78 is 27.1. The van der Waals surface area contributed by atoms with Crippen LogP contribution in [0.25, 0.3) is 0 Å². The van der Waals surface area contributed by atoms with Crippen molar-refractivity contribution >= 4 is 16.0 Å². The fraction of sp³-hybridized carbons (Fsp3) is 0.929. The predicted molar refractivity (Wildman–Crippen MR) is 74.6 cm³/mol. The summed E-state index contributed by atoms with van der Waals surface area (Å²) >= 11 is 0. The van der Waals surface area contributed by atoms with Crippen LogP contribution in [0.3, 0.4) is 0 Å². The number of hydrogen-bond donors (Lipinski definition) is 2. The number of carboxylic acid groups (broad SMARTS) is 1. The minimum Gasteiger partial charge on any atom is -0.481 e. The quantitative estimate of drug-likeness (QED) is 0.780. The van der Waals surface area contributed by atoms with Gasteiger partial charge in [0.25, 0.3) is 0 Å². The molecule has 0 radical (unpaired) electrons. The summed E-state index contributed by atoms with van der Waals surface area (Å²) in [4.78, 5) is 10.5. The number of sulfonamides is 1. The van der Waals surface area contributed by atoms with E-state index in [0.717, 1.165) is 11.8 Å². The van der Waals surface area contributed by atoms with Crippen molar-refractivity contribution in [2.45, 2.75) is 51.0 Å². The highest BCUT2D eigenvalue weighted by Gasteiger charge is 2.49. The van der Waals surface area contributed by atoms with Crippen LogP contribution in [0.1, 0.15) is 44.9 Å². The lowest BCUT2D eigenvalue weighted by molar-refractivity contribution is -0.137. The standard InChI is InChI=1S/C14H23NO4S/c16-13(17)2-1-3-20(18,19)15-14-11-5-9-4-10(7-11)8-12(14)6-9/h9-12,14-15H,1-8H2,(H,16,17). The van der Waals surface area contributed by atoms with Gasteiger partial charge in [0.15, 0.2) is 0 Å². The zero-order chi connectivity index (χ0) is 14.3. The first-order valence-corrected chi connectivity index (χ1v) is 9.30. The third-order valence-corrected chi connectivity index (χ3v) is 6.80. The van der Waals surface area contributed by atoms with E-state index in [9.17, 15) is 13.2 Å². The molecule has 0 aliphatic heterocycles. The molecule has 0 atom stereocenters. The van der Waals surface area contributed by atoms with Crippen LogP contribution >= 0.6 is 0 Å². The topological polar surface area (TPSA) is 83.5 Å². The Labute approximate surface area is 120 Å². The van der Waals surface area contributed by atoms with Crippen LogP contribution in [0.4, 0.5) is 0 Å². The normalized spacial score (nSPS) is 39.1. The Morgan fingerprint density at radius 3 is 2.10 bits per heavy atom. The third kappa shape index (κ3) is 3.01. The molecule has 20 heavy (non-hydrogen) atoms. The van der Waals surface area contributed by atoms with Gasteiger partial charge in [0, 0.05) is 12.5 Å². The van der Waals surface area contributed by atoms with Crippen LogP contribution in [0.15, 0.2) is 0 Å². The van der Waals surface area contributed by atoms with Crippen molar-refractivity contribution in [3.63, 3.8) is 0 Å². The van der Waals surface area contributed by atoms with Gasteiger partial charge in [0.2, 0.25) is 10.0 Å². The Balaban J connectivity index is 1.58. The van der Waals surface area contributed by atoms with Gasteiger partial charge in [-0.2, -0.15) is 0 Å². The summed E-state index contributed by atoms with van der Waals surface area (Å²) in [5.41, 5.74) is 0. The molecule has 6 heteroatoms. The van der Waals surface area contributed by atoms with E-state index in [1.807, 2.05) is 0 Å². The molecule has 2 N–H and O–H groups in total. The van der Waals surface area contributed by atoms with Crippen molar-refractivity contribution in [3.8, 4) is 0 Å². The fourth-order valence-corrected chi connectivity index (χ4v) is 6.24. The van der Waals surface area contributed by atoms with E-state index in [4.69, 9.17) is 5.11 Å². The van der Waals surface area contributed by atoms with Crippen molar-refractivity contribution in [1.29, 1.82) is 0 Å². The highest BCUT2D eigenvalue weighted by molar-refractivity contribution is 7.89. The van der Waals surface area contributed by atoms with Gasteiger partial charge < -0.3 is 5.11 Å². The first-order chi connectivity index (χ1) is 9.43. The van der Waals surface area contributed by atoms with Crippen LogP contribution in [-0.4, -0.2) is 31.3 Å². The molecule has 5 nitrogen and oxygen atoms in total. The number of hydrogen-bond acceptors (Lipinski definition) is 3. The molecule has 114 valence electrons. The van der Waals surface area contributed by atoms with Crippen LogP contribution in [-0.2, 0) is 14.8 Å². The van der Waals surface area contributed by atoms with E-state index in [1.54, 1.807) is 0 Å². The molecule has 4 aliphatic rings. The Morgan fingerprint density at radius 1 is 1.05 bits per heavy atom. The lowest BCUT2D eigenvalue weighted by Gasteiger charge is -2.54. The van der Waals surface area contributed by atoms with Gasteiger partial charge in [-0.1, -0.05) is 0 Å². The number of carboxylic acids is 1. The molecule has 4 aliphatic carbocycles. The smallest absolute Gasteiger partial charge is 0.303 e. The van der Waals surface area contributed by atoms with Crippen LogP contribution in [0, 0.1) is 23.7 Å². The van der Waals surface area contributed by atoms with E-state index >= 15 is 0 Å². The van der Waals surface area contributed by atoms with Crippen molar-refractivity contribution in [3.05, 3.63) is 0 Å². The minimum atomic E-state index is -3.33. The van der Waals surface area contributed by atoms with E-state index in [0.29, 0.717) is 11.8 Å². The van der Waals surface area contributed by atoms with E-state index in [2.05, 4.69) is 4.72 Å². The Bertz CT molecular complexity index is 459. The van der Waals surface area contributed by atoms with Crippen molar-refractivity contribution < 1.29 is 18.3 Å². The lowest BCUT2D eigenvalue weighted by Crippen LogP contribution is -2.56. The fourth-order valence-electron chi connectivity index (χ4n) is 4.80. The van der Waals surface area contributed by atoms with Gasteiger partial charge in [0.05, 0.1) is 5.75 Å². The number of aliphatic carboxylic acids is 1. The molecule has 0 amide bonds. The molecule has 4 rings (SSSR count). The highest BCUT2D eigenvalue weighted by Crippen LogP contribution is 2.53. The molecule has 4 fully saturated rings. The first kappa shape index (κ1) is 14.3. The lowest BCUT2D eigenvalue weighted by atomic mass is 9.54. The molecule has 0 aromatic carbocycles. The average Bonchev–Trinajstić information content (AvgIpc) is 2.32. The molecular formula is C14H23NO4S. The maximum atomic E-state index is 12.1. The van der Waals surface area contributed by atoms with Crippen molar-refractivity contribution in [2.24, 2.45) is 23.7 Å². The maximum Gasteiger partial charge on any atom is 0.303 e. The van der Waals surface area contributed by atoms with Gasteiger partial charge in [-0.25, -0.2) is 13.1 Å². The second-order valence-electron chi connectivity index (χ2n) is 6.89. The first-order valence-electron chi connectivity index (χ1n) is 7.65. The van der Waals surface area contributed by atoms with Crippen LogP contribution < -0.4 is 4.72 Å². The van der Waals surface area contributed by atoms with E-state index < -0.39 is 16.0 Å². The molecule has 4 bridgehead atoms. The summed E-state index contributed by atoms with van der Waals surface area (Å²) in [6.07, 6.45) is 6.17. The largest absolute Gasteiger partial charge is 0.481 e. The zero-order valence-electron chi connectivity index (χ0n) is 11.6. The second kappa shape index (κ2) is 5.30. The van der Waals surface area contributed by atoms with Gasteiger partial charge >= 0.3 is 5.97 Å². The van der Waals surface area contributed by atoms with Crippen molar-refractivity contribution in [2.75, 3.05) is 5.75 Å². The summed E-state index contributed by atoms with van der Waals surface area (Å²) in [5.74, 6) is 1.67. The molecule has 0 spiro atoms. The Kier molecular flexibility index (Phi) is 3.79. The van der Waals surface area contributed by atoms with E-state index in [1.165, 1.54) is 32.1 Å². The predicted octanol–water partition coefficient (Wildman–Crippen LogP) is 1.60. The van der Waals surface area contributed by atoms with Gasteiger partial charge in [-0.15, -0.1) is 0 Å². The third-order valence-electron chi connectivity index (χ3n) is 5.35. The maximum absolute atomic E-state index is 12.1. The van der Waals surface area contributed by atoms with Gasteiger partial charge in [-0.3, -0.25) is 4.79 Å². The molecule has 4 saturated carbocycles.